The van der Waals surface area contributed by atoms with Crippen LogP contribution in [0.15, 0.2) is 30.5 Å². The van der Waals surface area contributed by atoms with Gasteiger partial charge < -0.3 is 42.6 Å². The zero-order chi connectivity index (χ0) is 26.7. The second-order valence-corrected chi connectivity index (χ2v) is 8.23. The standard InChI is InChI=1S/C23H32N6O7/c24-8-4-3-7-16(23(35)36)28-22(34)18(10-20(31)32)29-21(33)17(27-19(30)11-25)9-13-12-26-15-6-2-1-5-14(13)15/h1-2,5-6,12,16-18,26H,3-4,7-11,24-25H2,(H,27,30)(H,28,34)(H,29,33)(H,31,32)(H,35,36). The van der Waals surface area contributed by atoms with Gasteiger partial charge in [-0.05, 0) is 37.4 Å². The lowest BCUT2D eigenvalue weighted by atomic mass is 10.0. The lowest BCUT2D eigenvalue weighted by Crippen LogP contribution is -2.57. The van der Waals surface area contributed by atoms with Crippen LogP contribution in [0.25, 0.3) is 10.9 Å². The number of rotatable bonds is 15. The van der Waals surface area contributed by atoms with Gasteiger partial charge in [-0.15, -0.1) is 0 Å². The molecule has 3 amide bonds. The number of unbranched alkanes of at least 4 members (excludes halogenated alkanes) is 1. The van der Waals surface area contributed by atoms with Gasteiger partial charge in [0, 0.05) is 23.5 Å². The number of hydrogen-bond donors (Lipinski definition) is 8. The number of amides is 3. The summed E-state index contributed by atoms with van der Waals surface area (Å²) in [5, 5.41) is 26.6. The van der Waals surface area contributed by atoms with Gasteiger partial charge in [0.1, 0.15) is 18.1 Å². The molecule has 10 N–H and O–H groups in total. The summed E-state index contributed by atoms with van der Waals surface area (Å²) >= 11 is 0. The fraction of sp³-hybridized carbons (Fsp3) is 0.435. The number of hydrogen-bond acceptors (Lipinski definition) is 7. The molecule has 1 heterocycles. The molecular weight excluding hydrogens is 472 g/mol. The molecule has 3 atom stereocenters. The van der Waals surface area contributed by atoms with Gasteiger partial charge in [0.05, 0.1) is 13.0 Å². The van der Waals surface area contributed by atoms with Crippen molar-refractivity contribution in [1.29, 1.82) is 0 Å². The predicted octanol–water partition coefficient (Wildman–Crippen LogP) is -1.19. The molecule has 0 radical (unpaired) electrons. The number of H-pyrrole nitrogens is 1. The van der Waals surface area contributed by atoms with E-state index in [1.54, 1.807) is 6.20 Å². The summed E-state index contributed by atoms with van der Waals surface area (Å²) in [5.41, 5.74) is 12.3. The summed E-state index contributed by atoms with van der Waals surface area (Å²) in [7, 11) is 0. The van der Waals surface area contributed by atoms with Crippen molar-refractivity contribution < 1.29 is 34.2 Å². The van der Waals surface area contributed by atoms with Crippen LogP contribution < -0.4 is 27.4 Å². The van der Waals surface area contributed by atoms with Crippen molar-refractivity contribution in [3.05, 3.63) is 36.0 Å². The molecule has 36 heavy (non-hydrogen) atoms. The quantitative estimate of drug-likeness (QED) is 0.136. The number of carboxylic acids is 2. The zero-order valence-corrected chi connectivity index (χ0v) is 19.7. The van der Waals surface area contributed by atoms with Crippen LogP contribution >= 0.6 is 0 Å². The first-order valence-electron chi connectivity index (χ1n) is 11.5. The molecule has 0 saturated carbocycles. The Kier molecular flexibility index (Phi) is 10.8. The molecule has 0 spiro atoms. The maximum absolute atomic E-state index is 13.1. The van der Waals surface area contributed by atoms with Crippen molar-refractivity contribution in [2.75, 3.05) is 13.1 Å². The molecule has 1 aromatic carbocycles. The highest BCUT2D eigenvalue weighted by molar-refractivity contribution is 5.95. The second kappa shape index (κ2) is 13.8. The maximum Gasteiger partial charge on any atom is 0.326 e. The average Bonchev–Trinajstić information content (AvgIpc) is 3.24. The number of nitrogens with one attached hydrogen (secondary N) is 4. The number of carboxylic acid groups (broad SMARTS) is 2. The van der Waals surface area contributed by atoms with E-state index in [-0.39, 0.29) is 19.4 Å². The lowest BCUT2D eigenvalue weighted by Gasteiger charge is -2.23. The van der Waals surface area contributed by atoms with E-state index in [0.29, 0.717) is 24.9 Å². The third kappa shape index (κ3) is 8.36. The van der Waals surface area contributed by atoms with Crippen molar-refractivity contribution in [1.82, 2.24) is 20.9 Å². The van der Waals surface area contributed by atoms with E-state index in [1.807, 2.05) is 24.3 Å². The van der Waals surface area contributed by atoms with Gasteiger partial charge in [0.2, 0.25) is 17.7 Å². The molecule has 13 heteroatoms. The lowest BCUT2D eigenvalue weighted by molar-refractivity contribution is -0.143. The summed E-state index contributed by atoms with van der Waals surface area (Å²) in [6, 6.07) is 3.28. The van der Waals surface area contributed by atoms with Gasteiger partial charge in [-0.1, -0.05) is 18.2 Å². The SMILES string of the molecule is NCCCCC(NC(=O)C(CC(=O)O)NC(=O)C(Cc1c[nH]c2ccccc12)NC(=O)CN)C(=O)O. The highest BCUT2D eigenvalue weighted by Crippen LogP contribution is 2.19. The van der Waals surface area contributed by atoms with Crippen molar-refractivity contribution in [2.24, 2.45) is 11.5 Å². The van der Waals surface area contributed by atoms with E-state index < -0.39 is 54.2 Å². The average molecular weight is 505 g/mol. The molecule has 2 rings (SSSR count). The first kappa shape index (κ1) is 28.3. The van der Waals surface area contributed by atoms with E-state index in [9.17, 15) is 34.2 Å². The van der Waals surface area contributed by atoms with Crippen LogP contribution in [0.5, 0.6) is 0 Å². The van der Waals surface area contributed by atoms with E-state index in [4.69, 9.17) is 11.5 Å². The number of aliphatic carboxylic acids is 2. The van der Waals surface area contributed by atoms with Crippen LogP contribution in [0.2, 0.25) is 0 Å². The van der Waals surface area contributed by atoms with Crippen LogP contribution in [-0.4, -0.2) is 76.1 Å². The Labute approximate surface area is 207 Å². The maximum atomic E-state index is 13.1. The van der Waals surface area contributed by atoms with Crippen molar-refractivity contribution in [3.8, 4) is 0 Å². The Morgan fingerprint density at radius 3 is 2.19 bits per heavy atom. The molecule has 1 aromatic heterocycles. The summed E-state index contributed by atoms with van der Waals surface area (Å²) in [4.78, 5) is 63.8. The number of carbonyl (C=O) groups excluding carboxylic acids is 3. The van der Waals surface area contributed by atoms with Crippen LogP contribution in [-0.2, 0) is 30.4 Å². The van der Waals surface area contributed by atoms with Crippen molar-refractivity contribution in [3.63, 3.8) is 0 Å². The topological polar surface area (TPSA) is 230 Å². The molecule has 0 aliphatic heterocycles. The normalized spacial score (nSPS) is 13.4. The Bertz CT molecular complexity index is 1090. The van der Waals surface area contributed by atoms with Crippen LogP contribution in [0.1, 0.15) is 31.2 Å². The highest BCUT2D eigenvalue weighted by Gasteiger charge is 2.31. The number of aromatic amines is 1. The van der Waals surface area contributed by atoms with Gasteiger partial charge in [-0.3, -0.25) is 19.2 Å². The molecule has 0 aliphatic carbocycles. The smallest absolute Gasteiger partial charge is 0.326 e. The Hall–Kier alpha value is -3.97. The third-order valence-corrected chi connectivity index (χ3v) is 5.51. The van der Waals surface area contributed by atoms with E-state index in [1.165, 1.54) is 0 Å². The number of aromatic nitrogens is 1. The minimum atomic E-state index is -1.58. The van der Waals surface area contributed by atoms with Gasteiger partial charge in [-0.25, -0.2) is 4.79 Å². The summed E-state index contributed by atoms with van der Waals surface area (Å²) < 4.78 is 0. The molecule has 0 saturated heterocycles. The summed E-state index contributed by atoms with van der Waals surface area (Å²) in [6.45, 7) is -0.0376. The zero-order valence-electron chi connectivity index (χ0n) is 19.7. The van der Waals surface area contributed by atoms with E-state index in [0.717, 1.165) is 10.9 Å². The van der Waals surface area contributed by atoms with Gasteiger partial charge in [0.15, 0.2) is 0 Å². The first-order valence-corrected chi connectivity index (χ1v) is 11.5. The number of benzene rings is 1. The second-order valence-electron chi connectivity index (χ2n) is 8.23. The third-order valence-electron chi connectivity index (χ3n) is 5.51. The molecule has 3 unspecified atom stereocenters. The van der Waals surface area contributed by atoms with Crippen molar-refractivity contribution >= 4 is 40.6 Å². The van der Waals surface area contributed by atoms with Crippen LogP contribution in [0.3, 0.4) is 0 Å². The van der Waals surface area contributed by atoms with Gasteiger partial charge in [-0.2, -0.15) is 0 Å². The van der Waals surface area contributed by atoms with Gasteiger partial charge in [0.25, 0.3) is 0 Å². The molecule has 13 nitrogen and oxygen atoms in total. The molecule has 196 valence electrons. The summed E-state index contributed by atoms with van der Waals surface area (Å²) in [6.07, 6.45) is 1.98. The number of para-hydroxylation sites is 1. The molecule has 0 bridgehead atoms. The molecule has 0 fully saturated rings. The Morgan fingerprint density at radius 1 is 0.889 bits per heavy atom. The first-order chi connectivity index (χ1) is 17.2. The molecule has 0 aliphatic rings. The Morgan fingerprint density at radius 2 is 1.56 bits per heavy atom. The van der Waals surface area contributed by atoms with Gasteiger partial charge >= 0.3 is 11.9 Å². The van der Waals surface area contributed by atoms with Crippen LogP contribution in [0, 0.1) is 0 Å². The number of nitrogens with two attached hydrogens (primary N) is 2. The van der Waals surface area contributed by atoms with Crippen molar-refractivity contribution in [2.45, 2.75) is 50.2 Å². The minimum absolute atomic E-state index is 0.0276. The van der Waals surface area contributed by atoms with E-state index >= 15 is 0 Å². The monoisotopic (exact) mass is 504 g/mol. The fourth-order valence-electron chi connectivity index (χ4n) is 3.66. The predicted molar refractivity (Wildman–Crippen MR) is 130 cm³/mol. The van der Waals surface area contributed by atoms with E-state index in [2.05, 4.69) is 20.9 Å². The summed E-state index contributed by atoms with van der Waals surface area (Å²) in [5.74, 6) is -5.10. The fourth-order valence-corrected chi connectivity index (χ4v) is 3.66. The molecule has 2 aromatic rings. The minimum Gasteiger partial charge on any atom is -0.481 e. The largest absolute Gasteiger partial charge is 0.481 e. The Balaban J connectivity index is 2.21. The highest BCUT2D eigenvalue weighted by atomic mass is 16.4. The molecular formula is C23H32N6O7. The number of fused-ring (bicyclic) bond motifs is 1. The number of carbonyl (C=O) groups is 5. The van der Waals surface area contributed by atoms with Crippen LogP contribution in [0.4, 0.5) is 0 Å².